The number of carbonyl (C=O) groups is 2. The fourth-order valence-electron chi connectivity index (χ4n) is 3.30. The highest BCUT2D eigenvalue weighted by atomic mass is 35.5. The lowest BCUT2D eigenvalue weighted by molar-refractivity contribution is -0.141. The molecule has 0 aliphatic rings. The van der Waals surface area contributed by atoms with Crippen LogP contribution in [-0.4, -0.2) is 55.1 Å². The number of carbonyl (C=O) groups excluding carboxylic acids is 2. The smallest absolute Gasteiger partial charge is 0.243 e. The van der Waals surface area contributed by atoms with E-state index in [1.165, 1.54) is 36.2 Å². The molecule has 0 radical (unpaired) electrons. The van der Waals surface area contributed by atoms with Crippen LogP contribution in [0.3, 0.4) is 0 Å². The van der Waals surface area contributed by atoms with Crippen molar-refractivity contribution < 1.29 is 18.0 Å². The first-order chi connectivity index (χ1) is 16.0. The fraction of sp³-hybridized carbons (Fsp3) is 0.417. The number of hydrogen-bond donors (Lipinski definition) is 1. The number of benzene rings is 2. The molecule has 0 aliphatic heterocycles. The Morgan fingerprint density at radius 3 is 1.97 bits per heavy atom. The van der Waals surface area contributed by atoms with Crippen molar-refractivity contribution in [2.24, 2.45) is 0 Å². The van der Waals surface area contributed by atoms with E-state index in [1.54, 1.807) is 24.3 Å². The number of likely N-dealkylation sites (N-methyl/N-ethyl adjacent to an activating group) is 1. The number of amides is 2. The minimum atomic E-state index is -3.93. The normalized spacial score (nSPS) is 13.4. The van der Waals surface area contributed by atoms with Gasteiger partial charge in [-0.05, 0) is 61.7 Å². The highest BCUT2D eigenvalue weighted by molar-refractivity contribution is 7.89. The average molecular weight is 529 g/mol. The Bertz CT molecular complexity index is 1080. The molecule has 2 amide bonds. The first-order valence-electron chi connectivity index (χ1n) is 11.1. The Morgan fingerprint density at radius 1 is 0.941 bits per heavy atom. The van der Waals surface area contributed by atoms with Crippen molar-refractivity contribution in [3.63, 3.8) is 0 Å². The van der Waals surface area contributed by atoms with Crippen molar-refractivity contribution in [1.82, 2.24) is 14.5 Å². The van der Waals surface area contributed by atoms with Gasteiger partial charge in [0, 0.05) is 29.7 Å². The van der Waals surface area contributed by atoms with E-state index >= 15 is 0 Å². The standard InChI is InChI=1S/C24H31Cl2N3O4S/c1-5-17(3)27-24(31)22(6-2)29(15-18-7-9-19(25)10-8-18)23(30)16-28(4)34(32,33)21-13-11-20(26)12-14-21/h7-14,17,22H,5-6,15-16H2,1-4H3,(H,27,31)/t17-,22-/m0/s1. The van der Waals surface area contributed by atoms with Crippen LogP contribution in [0.15, 0.2) is 53.4 Å². The van der Waals surface area contributed by atoms with E-state index in [4.69, 9.17) is 23.2 Å². The third kappa shape index (κ3) is 7.43. The third-order valence-corrected chi connectivity index (χ3v) is 7.85. The molecule has 0 heterocycles. The number of halogens is 2. The van der Waals surface area contributed by atoms with Crippen LogP contribution in [0.5, 0.6) is 0 Å². The van der Waals surface area contributed by atoms with Crippen LogP contribution < -0.4 is 5.32 Å². The summed E-state index contributed by atoms with van der Waals surface area (Å²) in [6.45, 7) is 5.38. The molecule has 186 valence electrons. The van der Waals surface area contributed by atoms with E-state index < -0.39 is 28.5 Å². The molecule has 0 aromatic heterocycles. The molecule has 0 saturated carbocycles. The summed E-state index contributed by atoms with van der Waals surface area (Å²) < 4.78 is 26.9. The van der Waals surface area contributed by atoms with E-state index in [9.17, 15) is 18.0 Å². The predicted molar refractivity (Wildman–Crippen MR) is 135 cm³/mol. The molecule has 1 N–H and O–H groups in total. The lowest BCUT2D eigenvalue weighted by Crippen LogP contribution is -2.53. The fourth-order valence-corrected chi connectivity index (χ4v) is 4.67. The quantitative estimate of drug-likeness (QED) is 0.470. The molecule has 34 heavy (non-hydrogen) atoms. The lowest BCUT2D eigenvalue weighted by atomic mass is 10.1. The van der Waals surface area contributed by atoms with E-state index in [2.05, 4.69) is 5.32 Å². The van der Waals surface area contributed by atoms with E-state index in [1.807, 2.05) is 20.8 Å². The molecular weight excluding hydrogens is 497 g/mol. The van der Waals surface area contributed by atoms with Crippen LogP contribution in [0.2, 0.25) is 10.0 Å². The van der Waals surface area contributed by atoms with Gasteiger partial charge in [0.15, 0.2) is 0 Å². The Morgan fingerprint density at radius 2 is 1.47 bits per heavy atom. The summed E-state index contributed by atoms with van der Waals surface area (Å²) in [7, 11) is -2.59. The zero-order chi connectivity index (χ0) is 25.5. The zero-order valence-corrected chi connectivity index (χ0v) is 22.1. The Balaban J connectivity index is 2.32. The van der Waals surface area contributed by atoms with Crippen LogP contribution in [0, 0.1) is 0 Å². The molecule has 7 nitrogen and oxygen atoms in total. The summed E-state index contributed by atoms with van der Waals surface area (Å²) in [6.07, 6.45) is 1.12. The topological polar surface area (TPSA) is 86.8 Å². The molecular formula is C24H31Cl2N3O4S. The van der Waals surface area contributed by atoms with Gasteiger partial charge in [0.2, 0.25) is 21.8 Å². The van der Waals surface area contributed by atoms with Gasteiger partial charge in [-0.25, -0.2) is 8.42 Å². The van der Waals surface area contributed by atoms with Gasteiger partial charge in [-0.3, -0.25) is 9.59 Å². The molecule has 0 bridgehead atoms. The van der Waals surface area contributed by atoms with E-state index in [0.29, 0.717) is 16.5 Å². The van der Waals surface area contributed by atoms with Crippen molar-refractivity contribution in [2.45, 2.75) is 57.1 Å². The van der Waals surface area contributed by atoms with Crippen molar-refractivity contribution >= 4 is 45.0 Å². The van der Waals surface area contributed by atoms with Gasteiger partial charge >= 0.3 is 0 Å². The average Bonchev–Trinajstić information content (AvgIpc) is 2.80. The van der Waals surface area contributed by atoms with Crippen LogP contribution >= 0.6 is 23.2 Å². The van der Waals surface area contributed by atoms with Crippen molar-refractivity contribution in [3.8, 4) is 0 Å². The zero-order valence-electron chi connectivity index (χ0n) is 19.8. The molecule has 0 unspecified atom stereocenters. The Hall–Kier alpha value is -2.13. The SMILES string of the molecule is CC[C@H](C)NC(=O)[C@H](CC)N(Cc1ccc(Cl)cc1)C(=O)CN(C)S(=O)(=O)c1ccc(Cl)cc1. The summed E-state index contributed by atoms with van der Waals surface area (Å²) in [5, 5.41) is 3.89. The van der Waals surface area contributed by atoms with Crippen LogP contribution in [0.4, 0.5) is 0 Å². The van der Waals surface area contributed by atoms with E-state index in [0.717, 1.165) is 16.3 Å². The maximum atomic E-state index is 13.4. The molecule has 0 aliphatic carbocycles. The second-order valence-corrected chi connectivity index (χ2v) is 11.0. The van der Waals surface area contributed by atoms with Crippen molar-refractivity contribution in [1.29, 1.82) is 0 Å². The third-order valence-electron chi connectivity index (χ3n) is 5.53. The monoisotopic (exact) mass is 527 g/mol. The maximum Gasteiger partial charge on any atom is 0.243 e. The van der Waals surface area contributed by atoms with Crippen LogP contribution in [-0.2, 0) is 26.2 Å². The summed E-state index contributed by atoms with van der Waals surface area (Å²) in [5.74, 6) is -0.761. The Kier molecular flexibility index (Phi) is 10.4. The van der Waals surface area contributed by atoms with Gasteiger partial charge in [0.1, 0.15) is 6.04 Å². The van der Waals surface area contributed by atoms with Gasteiger partial charge in [-0.1, -0.05) is 49.2 Å². The van der Waals surface area contributed by atoms with E-state index in [-0.39, 0.29) is 23.4 Å². The number of hydrogen-bond acceptors (Lipinski definition) is 4. The highest BCUT2D eigenvalue weighted by Gasteiger charge is 2.32. The van der Waals surface area contributed by atoms with Gasteiger partial charge < -0.3 is 10.2 Å². The Labute approximate surface area is 212 Å². The number of sulfonamides is 1. The molecule has 2 atom stereocenters. The van der Waals surface area contributed by atoms with Crippen molar-refractivity contribution in [2.75, 3.05) is 13.6 Å². The molecule has 10 heteroatoms. The molecule has 0 saturated heterocycles. The van der Waals surface area contributed by atoms with Gasteiger partial charge in [0.05, 0.1) is 11.4 Å². The summed E-state index contributed by atoms with van der Waals surface area (Å²) >= 11 is 11.9. The number of nitrogens with zero attached hydrogens (tertiary/aromatic N) is 2. The first-order valence-corrected chi connectivity index (χ1v) is 13.2. The van der Waals surface area contributed by atoms with Gasteiger partial charge in [-0.15, -0.1) is 0 Å². The number of nitrogens with one attached hydrogen (secondary N) is 1. The predicted octanol–water partition coefficient (Wildman–Crippen LogP) is 4.34. The van der Waals surface area contributed by atoms with Gasteiger partial charge in [-0.2, -0.15) is 4.31 Å². The summed E-state index contributed by atoms with van der Waals surface area (Å²) in [4.78, 5) is 27.9. The maximum absolute atomic E-state index is 13.4. The summed E-state index contributed by atoms with van der Waals surface area (Å²) in [5.41, 5.74) is 0.774. The van der Waals surface area contributed by atoms with Gasteiger partial charge in [0.25, 0.3) is 0 Å². The van der Waals surface area contributed by atoms with Crippen molar-refractivity contribution in [3.05, 3.63) is 64.1 Å². The first kappa shape index (κ1) is 28.1. The second-order valence-electron chi connectivity index (χ2n) is 8.11. The largest absolute Gasteiger partial charge is 0.352 e. The summed E-state index contributed by atoms with van der Waals surface area (Å²) in [6, 6.07) is 11.9. The second kappa shape index (κ2) is 12.5. The molecule has 2 rings (SSSR count). The molecule has 0 fully saturated rings. The minimum Gasteiger partial charge on any atom is -0.352 e. The highest BCUT2D eigenvalue weighted by Crippen LogP contribution is 2.19. The molecule has 2 aromatic carbocycles. The van der Waals surface area contributed by atoms with Crippen LogP contribution in [0.25, 0.3) is 0 Å². The minimum absolute atomic E-state index is 0.0259. The van der Waals surface area contributed by atoms with Crippen LogP contribution in [0.1, 0.15) is 39.2 Å². The lowest BCUT2D eigenvalue weighted by Gasteiger charge is -2.32. The number of rotatable bonds is 11. The molecule has 2 aromatic rings. The molecule has 0 spiro atoms.